The van der Waals surface area contributed by atoms with Crippen molar-refractivity contribution < 1.29 is 29.7 Å². The minimum Gasteiger partial charge on any atom is -0.396 e. The van der Waals surface area contributed by atoms with E-state index in [1.807, 2.05) is 0 Å². The van der Waals surface area contributed by atoms with Crippen molar-refractivity contribution in [3.63, 3.8) is 0 Å². The molecule has 1 rings (SSSR count). The van der Waals surface area contributed by atoms with Gasteiger partial charge in [0.1, 0.15) is 5.78 Å². The van der Waals surface area contributed by atoms with Crippen LogP contribution in [0.4, 0.5) is 0 Å². The highest BCUT2D eigenvalue weighted by atomic mass is 16.3. The van der Waals surface area contributed by atoms with Gasteiger partial charge in [0.15, 0.2) is 0 Å². The van der Waals surface area contributed by atoms with E-state index in [1.165, 1.54) is 0 Å². The van der Waals surface area contributed by atoms with Gasteiger partial charge in [0, 0.05) is 38.7 Å². The van der Waals surface area contributed by atoms with Gasteiger partial charge in [-0.15, -0.1) is 0 Å². The second-order valence-electron chi connectivity index (χ2n) is 6.62. The standard InChI is InChI=1S/C17H32N4O6/c22-6-1-13-9-14(13)15(25)11-21(12-17(27)20-4-8-24)5-2-18-10-16(26)19-3-7-23/h13-14,18,22-24H,1-12H2,(H,19,26)(H,20,27). The van der Waals surface area contributed by atoms with Crippen LogP contribution in [0.2, 0.25) is 0 Å². The van der Waals surface area contributed by atoms with Crippen LogP contribution in [0, 0.1) is 11.8 Å². The highest BCUT2D eigenvalue weighted by molar-refractivity contribution is 5.86. The van der Waals surface area contributed by atoms with Crippen molar-refractivity contribution >= 4 is 17.6 Å². The third kappa shape index (κ3) is 10.4. The fraction of sp³-hybridized carbons (Fsp3) is 0.824. The van der Waals surface area contributed by atoms with Gasteiger partial charge >= 0.3 is 0 Å². The number of rotatable bonds is 16. The van der Waals surface area contributed by atoms with Gasteiger partial charge in [-0.2, -0.15) is 0 Å². The second-order valence-corrected chi connectivity index (χ2v) is 6.62. The first-order valence-electron chi connectivity index (χ1n) is 9.33. The summed E-state index contributed by atoms with van der Waals surface area (Å²) in [4.78, 5) is 37.4. The number of hydrogen-bond acceptors (Lipinski definition) is 8. The zero-order valence-corrected chi connectivity index (χ0v) is 15.7. The smallest absolute Gasteiger partial charge is 0.234 e. The molecule has 2 amide bonds. The van der Waals surface area contributed by atoms with E-state index in [4.69, 9.17) is 15.3 Å². The molecule has 156 valence electrons. The molecule has 1 saturated carbocycles. The lowest BCUT2D eigenvalue weighted by molar-refractivity contribution is -0.125. The third-order valence-electron chi connectivity index (χ3n) is 4.34. The Hall–Kier alpha value is -1.59. The van der Waals surface area contributed by atoms with E-state index >= 15 is 0 Å². The van der Waals surface area contributed by atoms with Crippen LogP contribution in [0.25, 0.3) is 0 Å². The quantitative estimate of drug-likeness (QED) is 0.150. The number of nitrogens with one attached hydrogen (secondary N) is 3. The van der Waals surface area contributed by atoms with E-state index in [0.717, 1.165) is 6.42 Å². The first kappa shape index (κ1) is 23.4. The Kier molecular flexibility index (Phi) is 11.8. The molecule has 10 heteroatoms. The van der Waals surface area contributed by atoms with Gasteiger partial charge in [0.2, 0.25) is 11.8 Å². The van der Waals surface area contributed by atoms with Crippen molar-refractivity contribution in [2.24, 2.45) is 11.8 Å². The van der Waals surface area contributed by atoms with Gasteiger partial charge in [0.05, 0.1) is 32.8 Å². The first-order chi connectivity index (χ1) is 13.0. The maximum absolute atomic E-state index is 12.4. The highest BCUT2D eigenvalue weighted by Gasteiger charge is 2.42. The number of aliphatic hydroxyl groups excluding tert-OH is 3. The van der Waals surface area contributed by atoms with Gasteiger partial charge in [-0.05, 0) is 18.8 Å². The molecule has 1 aliphatic rings. The molecule has 0 aromatic rings. The molecule has 0 saturated heterocycles. The topological polar surface area (TPSA) is 151 Å². The Morgan fingerprint density at radius 2 is 1.56 bits per heavy atom. The van der Waals surface area contributed by atoms with Crippen LogP contribution >= 0.6 is 0 Å². The van der Waals surface area contributed by atoms with Crippen molar-refractivity contribution in [2.75, 3.05) is 65.6 Å². The second kappa shape index (κ2) is 13.6. The molecule has 0 aliphatic heterocycles. The van der Waals surface area contributed by atoms with Gasteiger partial charge in [0.25, 0.3) is 0 Å². The molecular weight excluding hydrogens is 356 g/mol. The fourth-order valence-electron chi connectivity index (χ4n) is 2.83. The van der Waals surface area contributed by atoms with Crippen LogP contribution in [0.15, 0.2) is 0 Å². The van der Waals surface area contributed by atoms with Crippen molar-refractivity contribution in [2.45, 2.75) is 12.8 Å². The summed E-state index contributed by atoms with van der Waals surface area (Å²) in [6.45, 7) is 1.22. The molecule has 27 heavy (non-hydrogen) atoms. The number of amides is 2. The van der Waals surface area contributed by atoms with Crippen molar-refractivity contribution in [3.05, 3.63) is 0 Å². The maximum Gasteiger partial charge on any atom is 0.234 e. The minimum absolute atomic E-state index is 0.0293. The summed E-state index contributed by atoms with van der Waals surface area (Å²) in [5, 5.41) is 34.4. The van der Waals surface area contributed by atoms with E-state index in [2.05, 4.69) is 16.0 Å². The van der Waals surface area contributed by atoms with E-state index in [-0.39, 0.29) is 82.0 Å². The van der Waals surface area contributed by atoms with E-state index in [1.54, 1.807) is 4.90 Å². The summed E-state index contributed by atoms with van der Waals surface area (Å²) < 4.78 is 0. The van der Waals surface area contributed by atoms with Crippen LogP contribution in [0.3, 0.4) is 0 Å². The number of ketones is 1. The summed E-state index contributed by atoms with van der Waals surface area (Å²) >= 11 is 0. The zero-order valence-electron chi connectivity index (χ0n) is 15.7. The molecule has 6 N–H and O–H groups in total. The Balaban J connectivity index is 2.39. The van der Waals surface area contributed by atoms with Crippen LogP contribution in [0.5, 0.6) is 0 Å². The van der Waals surface area contributed by atoms with Crippen LogP contribution < -0.4 is 16.0 Å². The zero-order chi connectivity index (χ0) is 20.1. The van der Waals surface area contributed by atoms with Crippen molar-refractivity contribution in [3.8, 4) is 0 Å². The summed E-state index contributed by atoms with van der Waals surface area (Å²) in [5.41, 5.74) is 0. The van der Waals surface area contributed by atoms with E-state index in [0.29, 0.717) is 19.5 Å². The third-order valence-corrected chi connectivity index (χ3v) is 4.34. The normalized spacial score (nSPS) is 18.4. The minimum atomic E-state index is -0.278. The molecule has 2 atom stereocenters. The number of carbonyl (C=O) groups is 3. The average Bonchev–Trinajstić information content (AvgIpc) is 3.41. The van der Waals surface area contributed by atoms with Crippen LogP contribution in [-0.4, -0.2) is 103 Å². The Bertz CT molecular complexity index is 476. The molecule has 0 bridgehead atoms. The summed E-state index contributed by atoms with van der Waals surface area (Å²) in [6, 6.07) is 0. The maximum atomic E-state index is 12.4. The predicted octanol–water partition coefficient (Wildman–Crippen LogP) is -3.32. The van der Waals surface area contributed by atoms with Crippen LogP contribution in [0.1, 0.15) is 12.8 Å². The number of nitrogens with zero attached hydrogens (tertiary/aromatic N) is 1. The summed E-state index contributed by atoms with van der Waals surface area (Å²) in [7, 11) is 0. The van der Waals surface area contributed by atoms with Crippen LogP contribution in [-0.2, 0) is 14.4 Å². The average molecular weight is 388 g/mol. The van der Waals surface area contributed by atoms with E-state index < -0.39 is 0 Å². The molecule has 1 fully saturated rings. The van der Waals surface area contributed by atoms with Gasteiger partial charge in [-0.3, -0.25) is 19.3 Å². The predicted molar refractivity (Wildman–Crippen MR) is 97.8 cm³/mol. The molecule has 2 unspecified atom stereocenters. The Labute approximate surface area is 159 Å². The molecule has 10 nitrogen and oxygen atoms in total. The van der Waals surface area contributed by atoms with Gasteiger partial charge in [-0.1, -0.05) is 0 Å². The number of hydrogen-bond donors (Lipinski definition) is 6. The highest BCUT2D eigenvalue weighted by Crippen LogP contribution is 2.41. The fourth-order valence-corrected chi connectivity index (χ4v) is 2.83. The van der Waals surface area contributed by atoms with Crippen molar-refractivity contribution in [1.82, 2.24) is 20.9 Å². The SMILES string of the molecule is O=C(CNCCN(CC(=O)NCCO)CC(=O)C1CC1CCO)NCCO. The molecule has 0 radical (unpaired) electrons. The Morgan fingerprint density at radius 3 is 2.19 bits per heavy atom. The molecule has 1 aliphatic carbocycles. The van der Waals surface area contributed by atoms with Gasteiger partial charge in [-0.25, -0.2) is 0 Å². The molecule has 0 spiro atoms. The Morgan fingerprint density at radius 1 is 0.889 bits per heavy atom. The van der Waals surface area contributed by atoms with E-state index in [9.17, 15) is 14.4 Å². The monoisotopic (exact) mass is 388 g/mol. The number of Topliss-reactive ketones (excluding diaryl/α,β-unsaturated/α-hetero) is 1. The summed E-state index contributed by atoms with van der Waals surface area (Å²) in [5.74, 6) is -0.264. The first-order valence-corrected chi connectivity index (χ1v) is 9.33. The molecule has 0 aromatic carbocycles. The lowest BCUT2D eigenvalue weighted by Gasteiger charge is -2.21. The van der Waals surface area contributed by atoms with Gasteiger partial charge < -0.3 is 31.3 Å². The number of carbonyl (C=O) groups excluding carboxylic acids is 3. The van der Waals surface area contributed by atoms with Crippen molar-refractivity contribution in [1.29, 1.82) is 0 Å². The lowest BCUT2D eigenvalue weighted by atomic mass is 10.1. The molecule has 0 aromatic heterocycles. The summed E-state index contributed by atoms with van der Waals surface area (Å²) in [6.07, 6.45) is 1.41. The molecular formula is C17H32N4O6. The number of aliphatic hydroxyl groups is 3. The largest absolute Gasteiger partial charge is 0.396 e. The lowest BCUT2D eigenvalue weighted by Crippen LogP contribution is -2.44. The molecule has 0 heterocycles.